The Morgan fingerprint density at radius 1 is 0.920 bits per heavy atom. The Bertz CT molecular complexity index is 530. The maximum Gasteiger partial charge on any atom is 0.281 e. The van der Waals surface area contributed by atoms with Gasteiger partial charge in [0.1, 0.15) is 0 Å². The van der Waals surface area contributed by atoms with Gasteiger partial charge in [0.15, 0.2) is 8.35 Å². The monoisotopic (exact) mass is 457 g/mol. The van der Waals surface area contributed by atoms with Crippen molar-refractivity contribution in [2.45, 2.75) is 100 Å². The van der Waals surface area contributed by atoms with Crippen LogP contribution >= 0.6 is 0 Å². The molecule has 0 amide bonds. The summed E-state index contributed by atoms with van der Waals surface area (Å²) in [4.78, 5) is 0. The Balaban J connectivity index is 1.39. The first-order chi connectivity index (χ1) is 12.0. The quantitative estimate of drug-likeness (QED) is 0.510. The highest BCUT2D eigenvalue weighted by Crippen LogP contribution is 2.68. The first-order valence-corrected chi connectivity index (χ1v) is 14.0. The summed E-state index contributed by atoms with van der Waals surface area (Å²) >= 11 is 0.552. The summed E-state index contributed by atoms with van der Waals surface area (Å²) in [6.45, 7) is 5.19. The fraction of sp³-hybridized carbons (Fsp3) is 1.00. The minimum atomic E-state index is -0.320. The number of rotatable bonds is 3. The molecule has 1 nitrogen and oxygen atoms in total. The van der Waals surface area contributed by atoms with Crippen molar-refractivity contribution in [3.8, 4) is 0 Å². The standard InChI is InChI=1S/C23H38IO/c1-21-11-4-3-5-16(21)6-7-18-19(21)9-12-22(2)20(18)10-14-23(22,25)13-8-17-15-24-17/h16-20,25H,3-15H2,1-2H3/q+1/t16-,17?,18-,19+,20+,21+,22+,23+/m1/s1. The highest BCUT2D eigenvalue weighted by atomic mass is 127. The third-order valence-corrected chi connectivity index (χ3v) is 12.9. The molecule has 1 aliphatic heterocycles. The lowest BCUT2D eigenvalue weighted by atomic mass is 9.44. The average molecular weight is 457 g/mol. The van der Waals surface area contributed by atoms with Crippen LogP contribution in [0.1, 0.15) is 90.9 Å². The first-order valence-electron chi connectivity index (χ1n) is 11.3. The molecular weight excluding hydrogens is 419 g/mol. The van der Waals surface area contributed by atoms with Crippen LogP contribution in [0.2, 0.25) is 0 Å². The van der Waals surface area contributed by atoms with Gasteiger partial charge in [-0.3, -0.25) is 0 Å². The molecule has 0 aromatic rings. The first kappa shape index (κ1) is 17.8. The molecule has 25 heavy (non-hydrogen) atoms. The zero-order valence-electron chi connectivity index (χ0n) is 16.4. The lowest BCUT2D eigenvalue weighted by Crippen LogP contribution is -3.48. The molecule has 1 unspecified atom stereocenters. The summed E-state index contributed by atoms with van der Waals surface area (Å²) in [5.74, 6) is 3.75. The maximum atomic E-state index is 11.7. The SMILES string of the molecule is C[C@]12CCCC[C@@H]1CC[C@@H]1[C@@H]2CC[C@@]2(C)[C@H]1CC[C@@]2(O)CCC1C[I+]1. The molecule has 5 fully saturated rings. The largest absolute Gasteiger partial charge is 0.389 e. The number of aliphatic hydroxyl groups is 1. The van der Waals surface area contributed by atoms with Crippen molar-refractivity contribution in [2.24, 2.45) is 34.5 Å². The number of hydrogen-bond donors (Lipinski definition) is 1. The van der Waals surface area contributed by atoms with Gasteiger partial charge in [0, 0.05) is 6.42 Å². The lowest BCUT2D eigenvalue weighted by molar-refractivity contribution is -0.497. The number of fused-ring (bicyclic) bond motifs is 5. The molecule has 1 saturated heterocycles. The smallest absolute Gasteiger partial charge is 0.281 e. The van der Waals surface area contributed by atoms with E-state index in [1.54, 1.807) is 4.43 Å². The van der Waals surface area contributed by atoms with Crippen LogP contribution in [-0.2, 0) is 0 Å². The number of hydrogen-bond acceptors (Lipinski definition) is 1. The molecule has 5 aliphatic rings. The second-order valence-corrected chi connectivity index (χ2v) is 14.4. The van der Waals surface area contributed by atoms with E-state index in [1.165, 1.54) is 64.2 Å². The lowest BCUT2D eigenvalue weighted by Gasteiger charge is -2.61. The van der Waals surface area contributed by atoms with E-state index in [0.29, 0.717) is 26.6 Å². The molecule has 0 radical (unpaired) electrons. The minimum absolute atomic E-state index is 0.235. The highest BCUT2D eigenvalue weighted by molar-refractivity contribution is 5.13. The van der Waals surface area contributed by atoms with Gasteiger partial charge >= 0.3 is 0 Å². The van der Waals surface area contributed by atoms with Crippen LogP contribution in [0.3, 0.4) is 0 Å². The van der Waals surface area contributed by atoms with Crippen LogP contribution in [0.25, 0.3) is 0 Å². The fourth-order valence-corrected chi connectivity index (χ4v) is 9.98. The van der Waals surface area contributed by atoms with Crippen LogP contribution < -0.4 is 21.2 Å². The van der Waals surface area contributed by atoms with E-state index >= 15 is 0 Å². The predicted octanol–water partition coefficient (Wildman–Crippen LogP) is 2.40. The Morgan fingerprint density at radius 2 is 1.72 bits per heavy atom. The third kappa shape index (κ3) is 2.62. The molecule has 142 valence electrons. The molecule has 0 spiro atoms. The zero-order chi connectivity index (χ0) is 17.3. The van der Waals surface area contributed by atoms with Crippen LogP contribution in [0.4, 0.5) is 0 Å². The third-order valence-electron chi connectivity index (χ3n) is 10.1. The second kappa shape index (κ2) is 6.09. The van der Waals surface area contributed by atoms with Gasteiger partial charge in [-0.1, -0.05) is 26.7 Å². The summed E-state index contributed by atoms with van der Waals surface area (Å²) in [5.41, 5.74) is 0.556. The van der Waals surface area contributed by atoms with E-state index in [9.17, 15) is 5.11 Å². The van der Waals surface area contributed by atoms with E-state index in [1.807, 2.05) is 0 Å². The van der Waals surface area contributed by atoms with E-state index in [4.69, 9.17) is 0 Å². The average Bonchev–Trinajstić information content (AvgIpc) is 3.38. The van der Waals surface area contributed by atoms with E-state index < -0.39 is 0 Å². The Morgan fingerprint density at radius 3 is 2.52 bits per heavy atom. The van der Waals surface area contributed by atoms with Gasteiger partial charge in [-0.05, 0) is 92.3 Å². The highest BCUT2D eigenvalue weighted by Gasteiger charge is 2.64. The maximum absolute atomic E-state index is 11.7. The van der Waals surface area contributed by atoms with Crippen LogP contribution in [0.5, 0.6) is 0 Å². The van der Waals surface area contributed by atoms with Crippen molar-refractivity contribution in [1.29, 1.82) is 0 Å². The molecule has 0 bridgehead atoms. The zero-order valence-corrected chi connectivity index (χ0v) is 18.6. The topological polar surface area (TPSA) is 20.2 Å². The van der Waals surface area contributed by atoms with Crippen molar-refractivity contribution in [3.05, 3.63) is 0 Å². The second-order valence-electron chi connectivity index (χ2n) is 10.9. The molecule has 0 aromatic heterocycles. The van der Waals surface area contributed by atoms with Gasteiger partial charge in [-0.15, -0.1) is 0 Å². The normalized spacial score (nSPS) is 57.5. The Labute approximate surface area is 165 Å². The summed E-state index contributed by atoms with van der Waals surface area (Å²) in [5, 5.41) is 11.7. The molecule has 2 heteroatoms. The number of alkyl halides is 2. The van der Waals surface area contributed by atoms with Gasteiger partial charge in [-0.2, -0.15) is 0 Å². The molecule has 0 aromatic carbocycles. The Kier molecular flexibility index (Phi) is 4.33. The van der Waals surface area contributed by atoms with Crippen LogP contribution in [0.15, 0.2) is 0 Å². The van der Waals surface area contributed by atoms with Gasteiger partial charge in [0.2, 0.25) is 0 Å². The summed E-state index contributed by atoms with van der Waals surface area (Å²) in [6.07, 6.45) is 16.6. The minimum Gasteiger partial charge on any atom is -0.389 e. The van der Waals surface area contributed by atoms with Crippen molar-refractivity contribution in [2.75, 3.05) is 4.43 Å². The van der Waals surface area contributed by atoms with Crippen LogP contribution in [-0.4, -0.2) is 19.1 Å². The molecule has 1 heterocycles. The molecule has 1 N–H and O–H groups in total. The van der Waals surface area contributed by atoms with Gasteiger partial charge in [0.25, 0.3) is 21.2 Å². The molecule has 4 aliphatic carbocycles. The van der Waals surface area contributed by atoms with Crippen molar-refractivity contribution in [3.63, 3.8) is 0 Å². The number of halogens is 1. The van der Waals surface area contributed by atoms with E-state index in [0.717, 1.165) is 40.4 Å². The van der Waals surface area contributed by atoms with Crippen molar-refractivity contribution in [1.82, 2.24) is 0 Å². The summed E-state index contributed by atoms with van der Waals surface area (Å²) in [7, 11) is 0. The predicted molar refractivity (Wildman–Crippen MR) is 99.2 cm³/mol. The Hall–Kier alpha value is 0.690. The molecular formula is C23H38IO+. The van der Waals surface area contributed by atoms with E-state index in [-0.39, 0.29) is 11.0 Å². The molecule has 5 rings (SSSR count). The summed E-state index contributed by atoms with van der Waals surface area (Å²) in [6, 6.07) is 0. The fourth-order valence-electron chi connectivity index (χ4n) is 8.43. The van der Waals surface area contributed by atoms with Crippen molar-refractivity contribution < 1.29 is 26.3 Å². The van der Waals surface area contributed by atoms with Gasteiger partial charge in [0.05, 0.1) is 5.60 Å². The molecule has 4 saturated carbocycles. The molecule has 8 atom stereocenters. The van der Waals surface area contributed by atoms with Crippen LogP contribution in [0, 0.1) is 34.5 Å². The van der Waals surface area contributed by atoms with Gasteiger partial charge in [-0.25, -0.2) is 0 Å². The van der Waals surface area contributed by atoms with Crippen molar-refractivity contribution >= 4 is 0 Å². The summed E-state index contributed by atoms with van der Waals surface area (Å²) < 4.78 is 2.61. The van der Waals surface area contributed by atoms with Gasteiger partial charge < -0.3 is 5.11 Å². The van der Waals surface area contributed by atoms with E-state index in [2.05, 4.69) is 13.8 Å².